The number of aliphatic hydroxyl groups excluding tert-OH is 1. The van der Waals surface area contributed by atoms with E-state index in [1.807, 2.05) is 12.1 Å². The Bertz CT molecular complexity index is 772. The molecule has 0 unspecified atom stereocenters. The van der Waals surface area contributed by atoms with Gasteiger partial charge in [0.05, 0.1) is 17.6 Å². The smallest absolute Gasteiger partial charge is 0.241 e. The molecule has 0 heterocycles. The first-order chi connectivity index (χ1) is 11.5. The van der Waals surface area contributed by atoms with Gasteiger partial charge in [0.25, 0.3) is 0 Å². The van der Waals surface area contributed by atoms with Gasteiger partial charge in [0.2, 0.25) is 10.0 Å². The number of nitrogens with one attached hydrogen (secondary N) is 1. The molecule has 1 atom stereocenters. The van der Waals surface area contributed by atoms with Crippen molar-refractivity contribution in [2.24, 2.45) is 0 Å². The third-order valence-corrected chi connectivity index (χ3v) is 5.19. The van der Waals surface area contributed by atoms with E-state index in [2.05, 4.69) is 11.6 Å². The Balaban J connectivity index is 2.33. The lowest BCUT2D eigenvalue weighted by atomic mass is 10.1. The van der Waals surface area contributed by atoms with Gasteiger partial charge in [0, 0.05) is 17.3 Å². The molecule has 2 rings (SSSR count). The first-order valence-electron chi connectivity index (χ1n) is 8.28. The lowest BCUT2D eigenvalue weighted by molar-refractivity contribution is 0.198. The maximum absolute atomic E-state index is 12.5. The van der Waals surface area contributed by atoms with Crippen LogP contribution in [0.4, 0.5) is 0 Å². The fraction of sp³-hybridized carbons (Fsp3) is 0.444. The molecule has 132 valence electrons. The molecule has 5 nitrogen and oxygen atoms in total. The van der Waals surface area contributed by atoms with Crippen molar-refractivity contribution in [3.63, 3.8) is 0 Å². The van der Waals surface area contributed by atoms with Gasteiger partial charge in [-0.2, -0.15) is 0 Å². The number of benzene rings is 2. The molecule has 0 aliphatic carbocycles. The minimum atomic E-state index is -3.69. The number of sulfonamides is 1. The van der Waals surface area contributed by atoms with Crippen LogP contribution < -0.4 is 9.46 Å². The Labute approximate surface area is 143 Å². The molecule has 6 heteroatoms. The number of hydrogen-bond acceptors (Lipinski definition) is 4. The number of hydrogen-bond donors (Lipinski definition) is 2. The lowest BCUT2D eigenvalue weighted by Crippen LogP contribution is -2.30. The molecule has 24 heavy (non-hydrogen) atoms. The summed E-state index contributed by atoms with van der Waals surface area (Å²) in [7, 11) is -3.69. The average molecular weight is 351 g/mol. The first kappa shape index (κ1) is 18.7. The maximum atomic E-state index is 12.5. The second-order valence-electron chi connectivity index (χ2n) is 5.86. The standard InChI is InChI=1S/C18H25NO4S/c1-3-4-7-12-23-17-10-11-18(16-9-6-5-8-15(16)17)24(21,22)19-13-14(2)20/h5-6,8-11,14,19-20H,3-4,7,12-13H2,1-2H3/t14-/m0/s1. The minimum Gasteiger partial charge on any atom is -0.493 e. The van der Waals surface area contributed by atoms with Crippen LogP contribution in [-0.2, 0) is 10.0 Å². The molecule has 0 aliphatic heterocycles. The molecule has 0 bridgehead atoms. The van der Waals surface area contributed by atoms with E-state index >= 15 is 0 Å². The van der Waals surface area contributed by atoms with Gasteiger partial charge in [-0.1, -0.05) is 44.0 Å². The third-order valence-electron chi connectivity index (χ3n) is 3.71. The van der Waals surface area contributed by atoms with Gasteiger partial charge in [-0.15, -0.1) is 0 Å². The van der Waals surface area contributed by atoms with Crippen molar-refractivity contribution in [3.8, 4) is 5.75 Å². The predicted molar refractivity (Wildman–Crippen MR) is 95.8 cm³/mol. The van der Waals surface area contributed by atoms with Gasteiger partial charge in [-0.25, -0.2) is 13.1 Å². The fourth-order valence-corrected chi connectivity index (χ4v) is 3.78. The second kappa shape index (κ2) is 8.46. The summed E-state index contributed by atoms with van der Waals surface area (Å²) in [6.45, 7) is 4.26. The number of aliphatic hydroxyl groups is 1. The van der Waals surface area contributed by atoms with E-state index in [1.54, 1.807) is 24.3 Å². The first-order valence-corrected chi connectivity index (χ1v) is 9.76. The van der Waals surface area contributed by atoms with Crippen LogP contribution in [0.15, 0.2) is 41.3 Å². The van der Waals surface area contributed by atoms with Gasteiger partial charge >= 0.3 is 0 Å². The Morgan fingerprint density at radius 1 is 1.12 bits per heavy atom. The van der Waals surface area contributed by atoms with E-state index in [1.165, 1.54) is 6.92 Å². The van der Waals surface area contributed by atoms with Crippen molar-refractivity contribution in [2.75, 3.05) is 13.2 Å². The van der Waals surface area contributed by atoms with Crippen LogP contribution in [0, 0.1) is 0 Å². The zero-order chi connectivity index (χ0) is 17.6. The maximum Gasteiger partial charge on any atom is 0.241 e. The highest BCUT2D eigenvalue weighted by Gasteiger charge is 2.19. The Kier molecular flexibility index (Phi) is 6.60. The molecule has 0 saturated heterocycles. The van der Waals surface area contributed by atoms with Gasteiger partial charge in [-0.3, -0.25) is 0 Å². The van der Waals surface area contributed by atoms with Gasteiger partial charge in [0.1, 0.15) is 5.75 Å². The summed E-state index contributed by atoms with van der Waals surface area (Å²) in [4.78, 5) is 0.194. The Morgan fingerprint density at radius 3 is 2.50 bits per heavy atom. The summed E-state index contributed by atoms with van der Waals surface area (Å²) in [5, 5.41) is 10.7. The van der Waals surface area contributed by atoms with Crippen molar-refractivity contribution < 1.29 is 18.3 Å². The summed E-state index contributed by atoms with van der Waals surface area (Å²) in [6, 6.07) is 10.5. The topological polar surface area (TPSA) is 75.6 Å². The van der Waals surface area contributed by atoms with Gasteiger partial charge in [-0.05, 0) is 25.5 Å². The van der Waals surface area contributed by atoms with Crippen LogP contribution in [0.1, 0.15) is 33.1 Å². The van der Waals surface area contributed by atoms with E-state index < -0.39 is 16.1 Å². The van der Waals surface area contributed by atoms with Crippen molar-refractivity contribution >= 4 is 20.8 Å². The van der Waals surface area contributed by atoms with E-state index in [0.717, 1.165) is 24.6 Å². The quantitative estimate of drug-likeness (QED) is 0.681. The van der Waals surface area contributed by atoms with E-state index in [0.29, 0.717) is 17.7 Å². The van der Waals surface area contributed by atoms with Crippen LogP contribution in [-0.4, -0.2) is 32.8 Å². The van der Waals surface area contributed by atoms with E-state index in [9.17, 15) is 13.5 Å². The molecular formula is C18H25NO4S. The zero-order valence-electron chi connectivity index (χ0n) is 14.2. The monoisotopic (exact) mass is 351 g/mol. The van der Waals surface area contributed by atoms with Crippen LogP contribution in [0.5, 0.6) is 5.75 Å². The van der Waals surface area contributed by atoms with E-state index in [4.69, 9.17) is 4.74 Å². The second-order valence-corrected chi connectivity index (χ2v) is 7.60. The van der Waals surface area contributed by atoms with Crippen molar-refractivity contribution in [2.45, 2.75) is 44.1 Å². The lowest BCUT2D eigenvalue weighted by Gasteiger charge is -2.14. The number of rotatable bonds is 9. The van der Waals surface area contributed by atoms with Crippen molar-refractivity contribution in [1.82, 2.24) is 4.72 Å². The number of fused-ring (bicyclic) bond motifs is 1. The SMILES string of the molecule is CCCCCOc1ccc(S(=O)(=O)NC[C@H](C)O)c2ccccc12. The minimum absolute atomic E-state index is 0.0219. The largest absolute Gasteiger partial charge is 0.493 e. The number of unbranched alkanes of at least 4 members (excludes halogenated alkanes) is 2. The molecule has 0 radical (unpaired) electrons. The molecule has 2 aromatic rings. The molecule has 0 saturated carbocycles. The molecule has 0 amide bonds. The Morgan fingerprint density at radius 2 is 1.83 bits per heavy atom. The zero-order valence-corrected chi connectivity index (χ0v) is 15.0. The molecule has 0 aromatic heterocycles. The summed E-state index contributed by atoms with van der Waals surface area (Å²) in [6.07, 6.45) is 2.46. The molecule has 0 aliphatic rings. The molecule has 2 N–H and O–H groups in total. The fourth-order valence-electron chi connectivity index (χ4n) is 2.45. The molecular weight excluding hydrogens is 326 g/mol. The highest BCUT2D eigenvalue weighted by Crippen LogP contribution is 2.31. The third kappa shape index (κ3) is 4.69. The molecule has 0 spiro atoms. The predicted octanol–water partition coefficient (Wildman–Crippen LogP) is 3.07. The van der Waals surface area contributed by atoms with Crippen LogP contribution >= 0.6 is 0 Å². The molecule has 2 aromatic carbocycles. The summed E-state index contributed by atoms with van der Waals surface area (Å²) in [5.41, 5.74) is 0. The average Bonchev–Trinajstić information content (AvgIpc) is 2.57. The molecule has 0 fully saturated rings. The van der Waals surface area contributed by atoms with Crippen LogP contribution in [0.2, 0.25) is 0 Å². The van der Waals surface area contributed by atoms with Gasteiger partial charge < -0.3 is 9.84 Å². The normalized spacial score (nSPS) is 13.1. The van der Waals surface area contributed by atoms with Gasteiger partial charge in [0.15, 0.2) is 0 Å². The van der Waals surface area contributed by atoms with Crippen LogP contribution in [0.25, 0.3) is 10.8 Å². The van der Waals surface area contributed by atoms with Crippen LogP contribution in [0.3, 0.4) is 0 Å². The summed E-state index contributed by atoms with van der Waals surface area (Å²) in [5.74, 6) is 0.691. The van der Waals surface area contributed by atoms with Crippen molar-refractivity contribution in [3.05, 3.63) is 36.4 Å². The van der Waals surface area contributed by atoms with Crippen molar-refractivity contribution in [1.29, 1.82) is 0 Å². The highest BCUT2D eigenvalue weighted by molar-refractivity contribution is 7.89. The van der Waals surface area contributed by atoms with E-state index in [-0.39, 0.29) is 11.4 Å². The highest BCUT2D eigenvalue weighted by atomic mass is 32.2. The Hall–Kier alpha value is -1.63. The summed E-state index contributed by atoms with van der Waals surface area (Å²) < 4.78 is 33.3. The summed E-state index contributed by atoms with van der Waals surface area (Å²) >= 11 is 0. The number of ether oxygens (including phenoxy) is 1.